The van der Waals surface area contributed by atoms with Crippen molar-refractivity contribution in [2.24, 2.45) is 5.92 Å². The third-order valence-electron chi connectivity index (χ3n) is 6.43. The van der Waals surface area contributed by atoms with Crippen LogP contribution in [-0.4, -0.2) is 47.1 Å². The van der Waals surface area contributed by atoms with Crippen LogP contribution in [0.2, 0.25) is 0 Å². The Labute approximate surface area is 189 Å². The number of carbonyl (C=O) groups is 2. The summed E-state index contributed by atoms with van der Waals surface area (Å²) in [7, 11) is 0. The standard InChI is InChI=1S/C25H32N4O3/c1-17(30)28-21-6-2-4-18(14-21)19-7-12-24(27-16-19)29(22-8-10-23(31)11-9-22)25(32)20-5-3-13-26-15-20/h2,4,6-7,12,14,16,20,22-23,26,31H,3,5,8-11,13,15H2,1H3,(H,28,30)/t20-,22?,23?/m0/s1. The molecule has 1 saturated carbocycles. The lowest BCUT2D eigenvalue weighted by atomic mass is 9.90. The number of amides is 2. The summed E-state index contributed by atoms with van der Waals surface area (Å²) in [6, 6.07) is 11.6. The molecule has 1 aliphatic heterocycles. The zero-order valence-corrected chi connectivity index (χ0v) is 18.6. The molecule has 1 aromatic heterocycles. The number of pyridine rings is 1. The highest BCUT2D eigenvalue weighted by Crippen LogP contribution is 2.31. The van der Waals surface area contributed by atoms with Crippen molar-refractivity contribution in [2.75, 3.05) is 23.3 Å². The van der Waals surface area contributed by atoms with Crippen LogP contribution in [0.5, 0.6) is 0 Å². The van der Waals surface area contributed by atoms with E-state index >= 15 is 0 Å². The normalized spacial score (nSPS) is 23.4. The molecule has 2 fully saturated rings. The maximum atomic E-state index is 13.5. The molecule has 2 amide bonds. The van der Waals surface area contributed by atoms with Crippen molar-refractivity contribution in [1.29, 1.82) is 0 Å². The Morgan fingerprint density at radius 1 is 1.09 bits per heavy atom. The van der Waals surface area contributed by atoms with Gasteiger partial charge in [-0.05, 0) is 74.9 Å². The van der Waals surface area contributed by atoms with Gasteiger partial charge >= 0.3 is 0 Å². The van der Waals surface area contributed by atoms with Crippen molar-refractivity contribution in [1.82, 2.24) is 10.3 Å². The predicted octanol–water partition coefficient (Wildman–Crippen LogP) is 3.34. The number of piperidine rings is 1. The number of nitrogens with one attached hydrogen (secondary N) is 2. The van der Waals surface area contributed by atoms with Crippen molar-refractivity contribution in [3.63, 3.8) is 0 Å². The van der Waals surface area contributed by atoms with Gasteiger partial charge in [-0.2, -0.15) is 0 Å². The van der Waals surface area contributed by atoms with Gasteiger partial charge in [0.05, 0.1) is 12.0 Å². The zero-order chi connectivity index (χ0) is 22.5. The van der Waals surface area contributed by atoms with Crippen LogP contribution in [0, 0.1) is 5.92 Å². The number of hydrogen-bond donors (Lipinski definition) is 3. The second kappa shape index (κ2) is 10.2. The SMILES string of the molecule is CC(=O)Nc1cccc(-c2ccc(N(C(=O)[C@H]3CCCNC3)C3CCC(O)CC3)nc2)c1. The minimum absolute atomic E-state index is 0.0357. The molecule has 0 radical (unpaired) electrons. The highest BCUT2D eigenvalue weighted by Gasteiger charge is 2.34. The molecule has 3 N–H and O–H groups in total. The van der Waals surface area contributed by atoms with Crippen LogP contribution in [0.4, 0.5) is 11.5 Å². The van der Waals surface area contributed by atoms with Gasteiger partial charge in [0, 0.05) is 37.0 Å². The van der Waals surface area contributed by atoms with Crippen molar-refractivity contribution in [3.05, 3.63) is 42.6 Å². The smallest absolute Gasteiger partial charge is 0.232 e. The molecule has 7 heteroatoms. The van der Waals surface area contributed by atoms with E-state index in [1.165, 1.54) is 6.92 Å². The van der Waals surface area contributed by atoms with Crippen LogP contribution >= 0.6 is 0 Å². The van der Waals surface area contributed by atoms with E-state index in [0.29, 0.717) is 25.2 Å². The fourth-order valence-corrected chi connectivity index (χ4v) is 4.73. The lowest BCUT2D eigenvalue weighted by Gasteiger charge is -2.37. The predicted molar refractivity (Wildman–Crippen MR) is 125 cm³/mol. The topological polar surface area (TPSA) is 94.6 Å². The molecule has 0 spiro atoms. The molecule has 0 unspecified atom stereocenters. The van der Waals surface area contributed by atoms with Gasteiger partial charge in [-0.25, -0.2) is 4.98 Å². The Morgan fingerprint density at radius 2 is 1.91 bits per heavy atom. The maximum absolute atomic E-state index is 13.5. The minimum atomic E-state index is -0.272. The van der Waals surface area contributed by atoms with Crippen LogP contribution in [0.1, 0.15) is 45.4 Å². The van der Waals surface area contributed by atoms with Gasteiger partial charge in [0.15, 0.2) is 0 Å². The second-order valence-electron chi connectivity index (χ2n) is 8.88. The molecule has 32 heavy (non-hydrogen) atoms. The van der Waals surface area contributed by atoms with Crippen molar-refractivity contribution < 1.29 is 14.7 Å². The van der Waals surface area contributed by atoms with Crippen LogP contribution in [-0.2, 0) is 9.59 Å². The van der Waals surface area contributed by atoms with Crippen LogP contribution in [0.25, 0.3) is 11.1 Å². The van der Waals surface area contributed by atoms with E-state index in [0.717, 1.165) is 49.0 Å². The summed E-state index contributed by atoms with van der Waals surface area (Å²) >= 11 is 0. The number of anilines is 2. The van der Waals surface area contributed by atoms with E-state index in [1.54, 1.807) is 6.20 Å². The van der Waals surface area contributed by atoms with Gasteiger partial charge in [0.1, 0.15) is 5.82 Å². The average molecular weight is 437 g/mol. The van der Waals surface area contributed by atoms with Gasteiger partial charge in [-0.3, -0.25) is 14.5 Å². The molecule has 1 aromatic carbocycles. The number of nitrogens with zero attached hydrogens (tertiary/aromatic N) is 2. The molecule has 1 saturated heterocycles. The zero-order valence-electron chi connectivity index (χ0n) is 18.6. The van der Waals surface area contributed by atoms with E-state index in [-0.39, 0.29) is 29.9 Å². The molecule has 4 rings (SSSR count). The number of benzene rings is 1. The summed E-state index contributed by atoms with van der Waals surface area (Å²) < 4.78 is 0. The van der Waals surface area contributed by atoms with E-state index < -0.39 is 0 Å². The molecule has 2 aromatic rings. The van der Waals surface area contributed by atoms with E-state index in [4.69, 9.17) is 4.98 Å². The van der Waals surface area contributed by atoms with Crippen LogP contribution in [0.3, 0.4) is 0 Å². The summed E-state index contributed by atoms with van der Waals surface area (Å²) in [5.74, 6) is 0.654. The number of carbonyl (C=O) groups excluding carboxylic acids is 2. The Hall–Kier alpha value is -2.77. The Morgan fingerprint density at radius 3 is 2.56 bits per heavy atom. The molecular formula is C25H32N4O3. The summed E-state index contributed by atoms with van der Waals surface area (Å²) in [5, 5.41) is 16.1. The molecule has 1 aliphatic carbocycles. The largest absolute Gasteiger partial charge is 0.393 e. The first kappa shape index (κ1) is 22.4. The van der Waals surface area contributed by atoms with Gasteiger partial charge in [-0.1, -0.05) is 12.1 Å². The van der Waals surface area contributed by atoms with Crippen LogP contribution in [0.15, 0.2) is 42.6 Å². The number of aliphatic hydroxyl groups excluding tert-OH is 1. The van der Waals surface area contributed by atoms with Crippen molar-refractivity contribution in [3.8, 4) is 11.1 Å². The third-order valence-corrected chi connectivity index (χ3v) is 6.43. The molecule has 2 heterocycles. The van der Waals surface area contributed by atoms with Crippen LogP contribution < -0.4 is 15.5 Å². The van der Waals surface area contributed by atoms with Gasteiger partial charge in [0.2, 0.25) is 11.8 Å². The summed E-state index contributed by atoms with van der Waals surface area (Å²) in [6.07, 6.45) is 6.42. The highest BCUT2D eigenvalue weighted by molar-refractivity contribution is 5.95. The van der Waals surface area contributed by atoms with E-state index in [9.17, 15) is 14.7 Å². The average Bonchev–Trinajstić information content (AvgIpc) is 2.81. The molecule has 2 aliphatic rings. The summed E-state index contributed by atoms with van der Waals surface area (Å²) in [4.78, 5) is 31.5. The van der Waals surface area contributed by atoms with Crippen molar-refractivity contribution in [2.45, 2.75) is 57.6 Å². The quantitative estimate of drug-likeness (QED) is 0.668. The second-order valence-corrected chi connectivity index (χ2v) is 8.88. The number of aliphatic hydroxyl groups is 1. The lowest BCUT2D eigenvalue weighted by molar-refractivity contribution is -0.123. The van der Waals surface area contributed by atoms with Gasteiger partial charge in [0.25, 0.3) is 0 Å². The fraction of sp³-hybridized carbons (Fsp3) is 0.480. The molecule has 170 valence electrons. The summed E-state index contributed by atoms with van der Waals surface area (Å²) in [5.41, 5.74) is 2.61. The lowest BCUT2D eigenvalue weighted by Crippen LogP contribution is -2.49. The fourth-order valence-electron chi connectivity index (χ4n) is 4.73. The van der Waals surface area contributed by atoms with Gasteiger partial charge in [-0.15, -0.1) is 0 Å². The Balaban J connectivity index is 1.58. The Kier molecular flexibility index (Phi) is 7.17. The van der Waals surface area contributed by atoms with Gasteiger partial charge < -0.3 is 15.7 Å². The molecule has 0 bridgehead atoms. The summed E-state index contributed by atoms with van der Waals surface area (Å²) in [6.45, 7) is 3.16. The number of hydrogen-bond acceptors (Lipinski definition) is 5. The first-order valence-electron chi connectivity index (χ1n) is 11.6. The monoisotopic (exact) mass is 436 g/mol. The van der Waals surface area contributed by atoms with E-state index in [2.05, 4.69) is 10.6 Å². The molecular weight excluding hydrogens is 404 g/mol. The minimum Gasteiger partial charge on any atom is -0.393 e. The van der Waals surface area contributed by atoms with E-state index in [1.807, 2.05) is 41.3 Å². The molecule has 7 nitrogen and oxygen atoms in total. The first-order chi connectivity index (χ1) is 15.5. The first-order valence-corrected chi connectivity index (χ1v) is 11.6. The molecule has 1 atom stereocenters. The third kappa shape index (κ3) is 5.34. The highest BCUT2D eigenvalue weighted by atomic mass is 16.3. The van der Waals surface area contributed by atoms with Crippen molar-refractivity contribution >= 4 is 23.3 Å². The maximum Gasteiger partial charge on any atom is 0.232 e. The Bertz CT molecular complexity index is 932. The number of aromatic nitrogens is 1. The number of rotatable bonds is 5.